The van der Waals surface area contributed by atoms with Gasteiger partial charge in [-0.05, 0) is 25.8 Å². The van der Waals surface area contributed by atoms with Gasteiger partial charge in [0.05, 0.1) is 0 Å². The highest BCUT2D eigenvalue weighted by molar-refractivity contribution is 4.97. The van der Waals surface area contributed by atoms with Crippen LogP contribution >= 0.6 is 0 Å². The van der Waals surface area contributed by atoms with Crippen molar-refractivity contribution in [1.82, 2.24) is 14.9 Å². The fraction of sp³-hybridized carbons (Fsp3) is 0.750. The Balaban J connectivity index is 1.94. The molecule has 0 spiro atoms. The Bertz CT molecular complexity index is 318. The molecule has 1 N–H and O–H groups in total. The van der Waals surface area contributed by atoms with E-state index < -0.39 is 6.17 Å². The molecule has 0 radical (unpaired) electrons. The Morgan fingerprint density at radius 2 is 2.56 bits per heavy atom. The zero-order valence-electron chi connectivity index (χ0n) is 9.82. The molecule has 16 heavy (non-hydrogen) atoms. The van der Waals surface area contributed by atoms with Crippen LogP contribution in [0, 0.1) is 0 Å². The smallest absolute Gasteiger partial charge is 0.122 e. The van der Waals surface area contributed by atoms with Gasteiger partial charge in [-0.3, -0.25) is 0 Å². The van der Waals surface area contributed by atoms with Crippen molar-refractivity contribution in [2.24, 2.45) is 0 Å². The second kappa shape index (κ2) is 5.43. The van der Waals surface area contributed by atoms with Crippen LogP contribution in [-0.4, -0.2) is 28.3 Å². The van der Waals surface area contributed by atoms with Gasteiger partial charge in [0.1, 0.15) is 12.0 Å². The second-order valence-electron chi connectivity index (χ2n) is 4.46. The number of nitrogens with one attached hydrogen (secondary N) is 1. The van der Waals surface area contributed by atoms with E-state index in [-0.39, 0.29) is 6.04 Å². The Kier molecular flexibility index (Phi) is 3.93. The van der Waals surface area contributed by atoms with Crippen LogP contribution in [-0.2, 0) is 13.0 Å². The molecular formula is C12H20FN3. The fourth-order valence-electron chi connectivity index (χ4n) is 2.31. The summed E-state index contributed by atoms with van der Waals surface area (Å²) in [4.78, 5) is 4.24. The molecular weight excluding hydrogens is 205 g/mol. The highest BCUT2D eigenvalue weighted by Crippen LogP contribution is 2.16. The lowest BCUT2D eigenvalue weighted by Crippen LogP contribution is -2.33. The standard InChI is InChI=1S/C12H20FN3/c1-2-7-16-8-6-15-12(16)9-10(13)11-4-3-5-14-11/h6,8,10-11,14H,2-5,7,9H2,1H3. The fourth-order valence-corrected chi connectivity index (χ4v) is 2.31. The lowest BCUT2D eigenvalue weighted by molar-refractivity contribution is 0.258. The second-order valence-corrected chi connectivity index (χ2v) is 4.46. The summed E-state index contributed by atoms with van der Waals surface area (Å²) in [6.07, 6.45) is 6.44. The van der Waals surface area contributed by atoms with Crippen molar-refractivity contribution in [3.8, 4) is 0 Å². The molecule has 0 bridgehead atoms. The molecule has 0 saturated carbocycles. The van der Waals surface area contributed by atoms with Crippen LogP contribution in [0.2, 0.25) is 0 Å². The minimum atomic E-state index is -0.805. The first kappa shape index (κ1) is 11.6. The minimum Gasteiger partial charge on any atom is -0.335 e. The Morgan fingerprint density at radius 1 is 1.69 bits per heavy atom. The minimum absolute atomic E-state index is 0.0341. The largest absolute Gasteiger partial charge is 0.335 e. The van der Waals surface area contributed by atoms with Crippen LogP contribution < -0.4 is 5.32 Å². The van der Waals surface area contributed by atoms with Gasteiger partial charge in [0.25, 0.3) is 0 Å². The van der Waals surface area contributed by atoms with Crippen LogP contribution in [0.5, 0.6) is 0 Å². The summed E-state index contributed by atoms with van der Waals surface area (Å²) in [7, 11) is 0. The maximum atomic E-state index is 14.0. The number of hydrogen-bond donors (Lipinski definition) is 1. The highest BCUT2D eigenvalue weighted by atomic mass is 19.1. The first-order valence-electron chi connectivity index (χ1n) is 6.18. The van der Waals surface area contributed by atoms with Crippen molar-refractivity contribution in [2.45, 2.75) is 51.4 Å². The molecule has 1 aromatic heterocycles. The molecule has 1 aliphatic rings. The van der Waals surface area contributed by atoms with Crippen molar-refractivity contribution < 1.29 is 4.39 Å². The summed E-state index contributed by atoms with van der Waals surface area (Å²) in [5, 5.41) is 3.21. The molecule has 2 atom stereocenters. The molecule has 3 nitrogen and oxygen atoms in total. The normalized spacial score (nSPS) is 22.5. The number of aryl methyl sites for hydroxylation is 1. The van der Waals surface area contributed by atoms with E-state index in [1.165, 1.54) is 0 Å². The van der Waals surface area contributed by atoms with Gasteiger partial charge in [0.2, 0.25) is 0 Å². The van der Waals surface area contributed by atoms with Gasteiger partial charge < -0.3 is 9.88 Å². The highest BCUT2D eigenvalue weighted by Gasteiger charge is 2.25. The maximum Gasteiger partial charge on any atom is 0.122 e. The Labute approximate surface area is 96.1 Å². The SMILES string of the molecule is CCCn1ccnc1CC(F)C1CCCN1. The van der Waals surface area contributed by atoms with E-state index >= 15 is 0 Å². The molecule has 2 rings (SSSR count). The summed E-state index contributed by atoms with van der Waals surface area (Å²) < 4.78 is 16.0. The molecule has 1 saturated heterocycles. The van der Waals surface area contributed by atoms with E-state index in [4.69, 9.17) is 0 Å². The van der Waals surface area contributed by atoms with E-state index in [1.54, 1.807) is 6.20 Å². The Morgan fingerprint density at radius 3 is 3.25 bits per heavy atom. The summed E-state index contributed by atoms with van der Waals surface area (Å²) in [5.74, 6) is 0.878. The van der Waals surface area contributed by atoms with E-state index in [1.807, 2.05) is 6.20 Å². The third kappa shape index (κ3) is 2.61. The molecule has 1 aromatic rings. The number of alkyl halides is 1. The van der Waals surface area contributed by atoms with Crippen LogP contribution in [0.3, 0.4) is 0 Å². The van der Waals surface area contributed by atoms with E-state index in [0.29, 0.717) is 6.42 Å². The number of hydrogen-bond acceptors (Lipinski definition) is 2. The number of imidazole rings is 1. The summed E-state index contributed by atoms with van der Waals surface area (Å²) in [6.45, 7) is 4.00. The van der Waals surface area contributed by atoms with Crippen LogP contribution in [0.4, 0.5) is 4.39 Å². The molecule has 1 aliphatic heterocycles. The van der Waals surface area contributed by atoms with Gasteiger partial charge in [-0.1, -0.05) is 6.92 Å². The van der Waals surface area contributed by atoms with E-state index in [0.717, 1.165) is 38.2 Å². The van der Waals surface area contributed by atoms with Gasteiger partial charge >= 0.3 is 0 Å². The summed E-state index contributed by atoms with van der Waals surface area (Å²) in [5.41, 5.74) is 0. The number of halogens is 1. The molecule has 0 amide bonds. The van der Waals surface area contributed by atoms with Crippen molar-refractivity contribution >= 4 is 0 Å². The van der Waals surface area contributed by atoms with Crippen molar-refractivity contribution in [2.75, 3.05) is 6.54 Å². The zero-order valence-corrected chi connectivity index (χ0v) is 9.82. The summed E-state index contributed by atoms with van der Waals surface area (Å²) >= 11 is 0. The van der Waals surface area contributed by atoms with Gasteiger partial charge in [0, 0.05) is 31.4 Å². The first-order chi connectivity index (χ1) is 7.81. The lowest BCUT2D eigenvalue weighted by atomic mass is 10.1. The predicted molar refractivity (Wildman–Crippen MR) is 62.1 cm³/mol. The van der Waals surface area contributed by atoms with Crippen LogP contribution in [0.15, 0.2) is 12.4 Å². The van der Waals surface area contributed by atoms with Gasteiger partial charge in [-0.2, -0.15) is 0 Å². The molecule has 0 aromatic carbocycles. The van der Waals surface area contributed by atoms with Gasteiger partial charge in [-0.15, -0.1) is 0 Å². The van der Waals surface area contributed by atoms with Crippen LogP contribution in [0.1, 0.15) is 32.0 Å². The molecule has 1 fully saturated rings. The summed E-state index contributed by atoms with van der Waals surface area (Å²) in [6, 6.07) is 0.0341. The predicted octanol–water partition coefficient (Wildman–Crippen LogP) is 1.93. The zero-order chi connectivity index (χ0) is 11.4. The average Bonchev–Trinajstić information content (AvgIpc) is 2.90. The lowest BCUT2D eigenvalue weighted by Gasteiger charge is -2.16. The van der Waals surface area contributed by atoms with Gasteiger partial charge in [-0.25, -0.2) is 9.37 Å². The number of aromatic nitrogens is 2. The number of rotatable bonds is 5. The third-order valence-electron chi connectivity index (χ3n) is 3.18. The molecule has 2 unspecified atom stereocenters. The Hall–Kier alpha value is -0.900. The molecule has 0 aliphatic carbocycles. The number of nitrogens with zero attached hydrogens (tertiary/aromatic N) is 2. The average molecular weight is 225 g/mol. The van der Waals surface area contributed by atoms with Crippen molar-refractivity contribution in [1.29, 1.82) is 0 Å². The maximum absolute atomic E-state index is 14.0. The van der Waals surface area contributed by atoms with Gasteiger partial charge in [0.15, 0.2) is 0 Å². The first-order valence-corrected chi connectivity index (χ1v) is 6.18. The monoisotopic (exact) mass is 225 g/mol. The van der Waals surface area contributed by atoms with E-state index in [9.17, 15) is 4.39 Å². The molecule has 90 valence electrons. The topological polar surface area (TPSA) is 29.9 Å². The van der Waals surface area contributed by atoms with Crippen molar-refractivity contribution in [3.63, 3.8) is 0 Å². The quantitative estimate of drug-likeness (QED) is 0.829. The van der Waals surface area contributed by atoms with Crippen LogP contribution in [0.25, 0.3) is 0 Å². The van der Waals surface area contributed by atoms with E-state index in [2.05, 4.69) is 21.8 Å². The molecule has 4 heteroatoms. The molecule has 2 heterocycles. The van der Waals surface area contributed by atoms with Crippen molar-refractivity contribution in [3.05, 3.63) is 18.2 Å². The third-order valence-corrected chi connectivity index (χ3v) is 3.18.